The second-order valence-electron chi connectivity index (χ2n) is 4.97. The first-order valence-electron chi connectivity index (χ1n) is 6.86. The maximum atomic E-state index is 12.2. The average molecular weight is 304 g/mol. The number of alkyl halides is 1. The number of carbonyl (C=O) groups excluding carboxylic acids is 1. The number of carbonyl (C=O) groups is 1. The molecule has 0 fully saturated rings. The molecule has 0 aliphatic heterocycles. The molecule has 2 rings (SSSR count). The van der Waals surface area contributed by atoms with E-state index in [2.05, 4.69) is 5.32 Å². The lowest BCUT2D eigenvalue weighted by atomic mass is 10.1. The summed E-state index contributed by atoms with van der Waals surface area (Å²) in [6.45, 7) is 1.88. The number of phenols is 1. The number of nitrogens with one attached hydrogen (secondary N) is 1. The lowest BCUT2D eigenvalue weighted by Gasteiger charge is -2.09. The fraction of sp³-hybridized carbons (Fsp3) is 0.235. The maximum Gasteiger partial charge on any atom is 0.259 e. The summed E-state index contributed by atoms with van der Waals surface area (Å²) in [4.78, 5) is 12.2. The van der Waals surface area contributed by atoms with Crippen molar-refractivity contribution < 1.29 is 9.90 Å². The standard InChI is InChI=1S/C17H18ClNO2/c1-12-7-8-16(20)15(10-12)17(21)19-14-6-2-4-13(11-14)5-3-9-18/h2,4,6-8,10-11,20H,3,5,9H2,1H3,(H,19,21). The van der Waals surface area contributed by atoms with Gasteiger partial charge in [0, 0.05) is 11.6 Å². The van der Waals surface area contributed by atoms with E-state index in [1.807, 2.05) is 31.2 Å². The number of amides is 1. The molecule has 110 valence electrons. The Bertz CT molecular complexity index is 640. The molecule has 2 N–H and O–H groups in total. The predicted octanol–water partition coefficient (Wildman–Crippen LogP) is 4.12. The first-order chi connectivity index (χ1) is 10.1. The molecular weight excluding hydrogens is 286 g/mol. The fourth-order valence-electron chi connectivity index (χ4n) is 2.11. The van der Waals surface area contributed by atoms with E-state index in [-0.39, 0.29) is 17.2 Å². The van der Waals surface area contributed by atoms with Crippen LogP contribution in [0.15, 0.2) is 42.5 Å². The van der Waals surface area contributed by atoms with Crippen LogP contribution in [-0.4, -0.2) is 16.9 Å². The van der Waals surface area contributed by atoms with Gasteiger partial charge in [0.15, 0.2) is 0 Å². The third kappa shape index (κ3) is 4.23. The number of aromatic hydroxyl groups is 1. The van der Waals surface area contributed by atoms with Gasteiger partial charge in [0.05, 0.1) is 5.56 Å². The van der Waals surface area contributed by atoms with Crippen molar-refractivity contribution in [3.63, 3.8) is 0 Å². The Morgan fingerprint density at radius 1 is 1.24 bits per heavy atom. The zero-order chi connectivity index (χ0) is 15.2. The molecule has 0 unspecified atom stereocenters. The van der Waals surface area contributed by atoms with Gasteiger partial charge in [-0.3, -0.25) is 4.79 Å². The summed E-state index contributed by atoms with van der Waals surface area (Å²) in [6.07, 6.45) is 1.78. The van der Waals surface area contributed by atoms with Crippen LogP contribution < -0.4 is 5.32 Å². The third-order valence-corrected chi connectivity index (χ3v) is 3.45. The lowest BCUT2D eigenvalue weighted by molar-refractivity contribution is 0.102. The highest BCUT2D eigenvalue weighted by Crippen LogP contribution is 2.20. The Hall–Kier alpha value is -2.00. The molecule has 3 nitrogen and oxygen atoms in total. The first-order valence-corrected chi connectivity index (χ1v) is 7.39. The molecular formula is C17H18ClNO2. The number of phenolic OH excluding ortho intramolecular Hbond substituents is 1. The maximum absolute atomic E-state index is 12.2. The summed E-state index contributed by atoms with van der Waals surface area (Å²) in [5, 5.41) is 12.6. The number of halogens is 1. The Morgan fingerprint density at radius 2 is 2.05 bits per heavy atom. The number of rotatable bonds is 5. The minimum absolute atomic E-state index is 0.0172. The molecule has 0 aliphatic rings. The minimum atomic E-state index is -0.314. The molecule has 2 aromatic rings. The molecule has 0 spiro atoms. The van der Waals surface area contributed by atoms with Crippen molar-refractivity contribution in [3.8, 4) is 5.75 Å². The molecule has 0 atom stereocenters. The highest BCUT2D eigenvalue weighted by Gasteiger charge is 2.11. The van der Waals surface area contributed by atoms with Gasteiger partial charge in [-0.1, -0.05) is 23.8 Å². The van der Waals surface area contributed by atoms with E-state index in [9.17, 15) is 9.90 Å². The van der Waals surface area contributed by atoms with Crippen molar-refractivity contribution in [1.29, 1.82) is 0 Å². The fourth-order valence-corrected chi connectivity index (χ4v) is 2.24. The molecule has 0 saturated heterocycles. The summed E-state index contributed by atoms with van der Waals surface area (Å²) in [5.74, 6) is 0.287. The third-order valence-electron chi connectivity index (χ3n) is 3.18. The zero-order valence-electron chi connectivity index (χ0n) is 11.9. The van der Waals surface area contributed by atoms with Crippen LogP contribution in [0.2, 0.25) is 0 Å². The molecule has 2 aromatic carbocycles. The Morgan fingerprint density at radius 3 is 2.81 bits per heavy atom. The van der Waals surface area contributed by atoms with Gasteiger partial charge in [0.25, 0.3) is 5.91 Å². The predicted molar refractivity (Wildman–Crippen MR) is 86.3 cm³/mol. The summed E-state index contributed by atoms with van der Waals surface area (Å²) < 4.78 is 0. The van der Waals surface area contributed by atoms with Gasteiger partial charge in [-0.2, -0.15) is 0 Å². The summed E-state index contributed by atoms with van der Waals surface area (Å²) in [7, 11) is 0. The minimum Gasteiger partial charge on any atom is -0.507 e. The number of benzene rings is 2. The number of anilines is 1. The lowest BCUT2D eigenvalue weighted by Crippen LogP contribution is -2.12. The van der Waals surface area contributed by atoms with Crippen LogP contribution in [0.25, 0.3) is 0 Å². The second kappa shape index (κ2) is 7.14. The van der Waals surface area contributed by atoms with E-state index in [1.54, 1.807) is 12.1 Å². The summed E-state index contributed by atoms with van der Waals surface area (Å²) >= 11 is 5.69. The van der Waals surface area contributed by atoms with Gasteiger partial charge in [-0.25, -0.2) is 0 Å². The van der Waals surface area contributed by atoms with Crippen LogP contribution in [0, 0.1) is 6.92 Å². The topological polar surface area (TPSA) is 49.3 Å². The highest BCUT2D eigenvalue weighted by molar-refractivity contribution is 6.17. The Balaban J connectivity index is 2.14. The van der Waals surface area contributed by atoms with E-state index in [1.165, 1.54) is 6.07 Å². The van der Waals surface area contributed by atoms with Crippen LogP contribution in [0.5, 0.6) is 5.75 Å². The zero-order valence-corrected chi connectivity index (χ0v) is 12.7. The molecule has 0 radical (unpaired) electrons. The molecule has 0 aliphatic carbocycles. The Labute approximate surface area is 129 Å². The number of aryl methyl sites for hydroxylation is 2. The van der Waals surface area contributed by atoms with Gasteiger partial charge in [0.2, 0.25) is 0 Å². The molecule has 0 aromatic heterocycles. The van der Waals surface area contributed by atoms with Gasteiger partial charge in [-0.15, -0.1) is 11.6 Å². The Kier molecular flexibility index (Phi) is 5.23. The van der Waals surface area contributed by atoms with Gasteiger partial charge in [0.1, 0.15) is 5.75 Å². The normalized spacial score (nSPS) is 10.4. The van der Waals surface area contributed by atoms with Crippen molar-refractivity contribution in [2.24, 2.45) is 0 Å². The van der Waals surface area contributed by atoms with Gasteiger partial charge < -0.3 is 10.4 Å². The smallest absolute Gasteiger partial charge is 0.259 e. The number of hydrogen-bond acceptors (Lipinski definition) is 2. The molecule has 4 heteroatoms. The largest absolute Gasteiger partial charge is 0.507 e. The van der Waals surface area contributed by atoms with Crippen molar-refractivity contribution in [2.75, 3.05) is 11.2 Å². The number of hydrogen-bond donors (Lipinski definition) is 2. The second-order valence-corrected chi connectivity index (χ2v) is 5.35. The van der Waals surface area contributed by atoms with Crippen LogP contribution in [-0.2, 0) is 6.42 Å². The van der Waals surface area contributed by atoms with Crippen LogP contribution >= 0.6 is 11.6 Å². The van der Waals surface area contributed by atoms with Crippen LogP contribution in [0.4, 0.5) is 5.69 Å². The summed E-state index contributed by atoms with van der Waals surface area (Å²) in [5.41, 5.74) is 3.05. The van der Waals surface area contributed by atoms with Crippen LogP contribution in [0.1, 0.15) is 27.9 Å². The van der Waals surface area contributed by atoms with Gasteiger partial charge in [-0.05, 0) is 49.6 Å². The molecule has 21 heavy (non-hydrogen) atoms. The van der Waals surface area contributed by atoms with Gasteiger partial charge >= 0.3 is 0 Å². The molecule has 0 saturated carbocycles. The molecule has 1 amide bonds. The van der Waals surface area contributed by atoms with E-state index in [0.717, 1.165) is 24.0 Å². The monoisotopic (exact) mass is 303 g/mol. The van der Waals surface area contributed by atoms with Crippen molar-refractivity contribution >= 4 is 23.2 Å². The van der Waals surface area contributed by atoms with Crippen molar-refractivity contribution in [3.05, 3.63) is 59.2 Å². The average Bonchev–Trinajstić information content (AvgIpc) is 2.48. The highest BCUT2D eigenvalue weighted by atomic mass is 35.5. The van der Waals surface area contributed by atoms with Crippen molar-refractivity contribution in [1.82, 2.24) is 0 Å². The van der Waals surface area contributed by atoms with E-state index < -0.39 is 0 Å². The van der Waals surface area contributed by atoms with Crippen LogP contribution in [0.3, 0.4) is 0 Å². The molecule has 0 bridgehead atoms. The SMILES string of the molecule is Cc1ccc(O)c(C(=O)Nc2cccc(CCCCl)c2)c1. The van der Waals surface area contributed by atoms with Crippen molar-refractivity contribution in [2.45, 2.75) is 19.8 Å². The van der Waals surface area contributed by atoms with E-state index in [4.69, 9.17) is 11.6 Å². The van der Waals surface area contributed by atoms with E-state index >= 15 is 0 Å². The van der Waals surface area contributed by atoms with E-state index in [0.29, 0.717) is 11.6 Å². The quantitative estimate of drug-likeness (QED) is 0.816. The summed E-state index contributed by atoms with van der Waals surface area (Å²) in [6, 6.07) is 12.6. The first kappa shape index (κ1) is 15.4. The molecule has 0 heterocycles.